The summed E-state index contributed by atoms with van der Waals surface area (Å²) in [5.74, 6) is 1.03. The Bertz CT molecular complexity index is 518. The third kappa shape index (κ3) is 2.47. The minimum absolute atomic E-state index is 0.0126. The van der Waals surface area contributed by atoms with Crippen molar-refractivity contribution < 1.29 is 9.53 Å². The van der Waals surface area contributed by atoms with E-state index in [2.05, 4.69) is 18.7 Å². The van der Waals surface area contributed by atoms with Crippen LogP contribution in [-0.2, 0) is 0 Å². The van der Waals surface area contributed by atoms with Gasteiger partial charge in [-0.25, -0.2) is 0 Å². The van der Waals surface area contributed by atoms with Gasteiger partial charge in [-0.2, -0.15) is 0 Å². The highest BCUT2D eigenvalue weighted by atomic mass is 16.5. The number of carbonyl (C=O) groups is 1. The van der Waals surface area contributed by atoms with Crippen LogP contribution in [0, 0.1) is 13.8 Å². The van der Waals surface area contributed by atoms with Crippen LogP contribution in [0.15, 0.2) is 12.1 Å². The standard InChI is InChI=1S/C17H23NO2/c1-12-10-14-16(11-13(12)2)20-9-6-15(17(14)19)18-7-4-3-5-8-18/h10-11,15H,3-9H2,1-2H3. The number of hydrogen-bond acceptors (Lipinski definition) is 3. The van der Waals surface area contributed by atoms with E-state index in [-0.39, 0.29) is 11.8 Å². The number of carbonyl (C=O) groups excluding carboxylic acids is 1. The first-order valence-electron chi connectivity index (χ1n) is 7.69. The van der Waals surface area contributed by atoms with Gasteiger partial charge in [0.2, 0.25) is 0 Å². The highest BCUT2D eigenvalue weighted by molar-refractivity contribution is 6.03. The number of benzene rings is 1. The molecule has 1 fully saturated rings. The fourth-order valence-electron chi connectivity index (χ4n) is 3.27. The molecule has 0 N–H and O–H groups in total. The molecule has 0 aromatic heterocycles. The number of ketones is 1. The zero-order valence-corrected chi connectivity index (χ0v) is 12.4. The van der Waals surface area contributed by atoms with Gasteiger partial charge in [-0.3, -0.25) is 9.69 Å². The molecule has 0 saturated carbocycles. The summed E-state index contributed by atoms with van der Waals surface area (Å²) in [5, 5.41) is 0. The van der Waals surface area contributed by atoms with Gasteiger partial charge in [-0.05, 0) is 63.0 Å². The van der Waals surface area contributed by atoms with Crippen molar-refractivity contribution in [3.63, 3.8) is 0 Å². The summed E-state index contributed by atoms with van der Waals surface area (Å²) in [7, 11) is 0. The lowest BCUT2D eigenvalue weighted by atomic mass is 9.96. The third-order valence-electron chi connectivity index (χ3n) is 4.64. The highest BCUT2D eigenvalue weighted by Gasteiger charge is 2.32. The molecule has 108 valence electrons. The second-order valence-corrected chi connectivity index (χ2v) is 6.05. The number of Topliss-reactive ketones (excluding diaryl/α,β-unsaturated/α-hetero) is 1. The number of hydrogen-bond donors (Lipinski definition) is 0. The van der Waals surface area contributed by atoms with Crippen molar-refractivity contribution in [3.05, 3.63) is 28.8 Å². The number of ether oxygens (including phenoxy) is 1. The SMILES string of the molecule is Cc1cc2c(cc1C)C(=O)C(N1CCCCC1)CCO2. The molecule has 0 aliphatic carbocycles. The molecular weight excluding hydrogens is 250 g/mol. The molecule has 3 heteroatoms. The Hall–Kier alpha value is -1.35. The lowest BCUT2D eigenvalue weighted by molar-refractivity contribution is 0.0765. The van der Waals surface area contributed by atoms with E-state index in [1.54, 1.807) is 0 Å². The summed E-state index contributed by atoms with van der Waals surface area (Å²) in [5.41, 5.74) is 3.13. The van der Waals surface area contributed by atoms with Crippen LogP contribution in [0.25, 0.3) is 0 Å². The number of fused-ring (bicyclic) bond motifs is 1. The Balaban J connectivity index is 1.92. The predicted molar refractivity (Wildman–Crippen MR) is 79.6 cm³/mol. The van der Waals surface area contributed by atoms with E-state index in [9.17, 15) is 4.79 Å². The predicted octanol–water partition coefficient (Wildman–Crippen LogP) is 3.12. The average molecular weight is 273 g/mol. The van der Waals surface area contributed by atoms with Crippen molar-refractivity contribution in [2.24, 2.45) is 0 Å². The van der Waals surface area contributed by atoms with E-state index in [4.69, 9.17) is 4.74 Å². The van der Waals surface area contributed by atoms with Crippen LogP contribution in [0.4, 0.5) is 0 Å². The Kier molecular flexibility index (Phi) is 3.79. The molecule has 2 aliphatic rings. The second kappa shape index (κ2) is 5.57. The van der Waals surface area contributed by atoms with E-state index < -0.39 is 0 Å². The molecule has 20 heavy (non-hydrogen) atoms. The summed E-state index contributed by atoms with van der Waals surface area (Å²) >= 11 is 0. The van der Waals surface area contributed by atoms with Crippen molar-refractivity contribution in [2.75, 3.05) is 19.7 Å². The zero-order chi connectivity index (χ0) is 14.1. The van der Waals surface area contributed by atoms with Crippen molar-refractivity contribution in [1.29, 1.82) is 0 Å². The molecule has 1 saturated heterocycles. The van der Waals surface area contributed by atoms with Gasteiger partial charge in [0.25, 0.3) is 0 Å². The zero-order valence-electron chi connectivity index (χ0n) is 12.4. The summed E-state index contributed by atoms with van der Waals surface area (Å²) in [6.45, 7) is 6.87. The highest BCUT2D eigenvalue weighted by Crippen LogP contribution is 2.30. The van der Waals surface area contributed by atoms with Crippen LogP contribution in [0.1, 0.15) is 47.2 Å². The van der Waals surface area contributed by atoms with E-state index in [0.717, 1.165) is 30.8 Å². The molecule has 0 amide bonds. The molecular formula is C17H23NO2. The molecule has 1 aromatic rings. The number of likely N-dealkylation sites (tertiary alicyclic amines) is 1. The van der Waals surface area contributed by atoms with E-state index in [0.29, 0.717) is 6.61 Å². The van der Waals surface area contributed by atoms with Crippen LogP contribution < -0.4 is 4.74 Å². The normalized spacial score (nSPS) is 23.9. The van der Waals surface area contributed by atoms with Crippen molar-refractivity contribution >= 4 is 5.78 Å². The minimum atomic E-state index is 0.0126. The van der Waals surface area contributed by atoms with Crippen molar-refractivity contribution in [1.82, 2.24) is 4.90 Å². The van der Waals surface area contributed by atoms with Gasteiger partial charge in [-0.15, -0.1) is 0 Å². The summed E-state index contributed by atoms with van der Waals surface area (Å²) < 4.78 is 5.83. The van der Waals surface area contributed by atoms with E-state index in [1.165, 1.54) is 30.4 Å². The summed E-state index contributed by atoms with van der Waals surface area (Å²) in [6.07, 6.45) is 4.53. The first kappa shape index (κ1) is 13.6. The van der Waals surface area contributed by atoms with Gasteiger partial charge in [0.15, 0.2) is 5.78 Å². The smallest absolute Gasteiger partial charge is 0.183 e. The minimum Gasteiger partial charge on any atom is -0.493 e. The lowest BCUT2D eigenvalue weighted by Crippen LogP contribution is -2.44. The van der Waals surface area contributed by atoms with Crippen LogP contribution in [0.5, 0.6) is 5.75 Å². The maximum absolute atomic E-state index is 12.9. The Labute approximate surface area is 120 Å². The van der Waals surface area contributed by atoms with Crippen molar-refractivity contribution in [3.8, 4) is 5.75 Å². The van der Waals surface area contributed by atoms with Crippen LogP contribution in [0.2, 0.25) is 0 Å². The van der Waals surface area contributed by atoms with Crippen LogP contribution in [-0.4, -0.2) is 36.4 Å². The quantitative estimate of drug-likeness (QED) is 0.787. The largest absolute Gasteiger partial charge is 0.493 e. The van der Waals surface area contributed by atoms with Gasteiger partial charge < -0.3 is 4.74 Å². The molecule has 2 heterocycles. The molecule has 3 nitrogen and oxygen atoms in total. The third-order valence-corrected chi connectivity index (χ3v) is 4.64. The molecule has 1 atom stereocenters. The maximum Gasteiger partial charge on any atom is 0.183 e. The molecule has 2 aliphatic heterocycles. The monoisotopic (exact) mass is 273 g/mol. The summed E-state index contributed by atoms with van der Waals surface area (Å²) in [6, 6.07) is 4.04. The Morgan fingerprint density at radius 2 is 1.80 bits per heavy atom. The Morgan fingerprint density at radius 3 is 2.55 bits per heavy atom. The number of piperidine rings is 1. The average Bonchev–Trinajstić information content (AvgIpc) is 2.61. The van der Waals surface area contributed by atoms with Crippen LogP contribution >= 0.6 is 0 Å². The molecule has 0 radical (unpaired) electrons. The number of rotatable bonds is 1. The number of nitrogens with zero attached hydrogens (tertiary/aromatic N) is 1. The lowest BCUT2D eigenvalue weighted by Gasteiger charge is -2.32. The van der Waals surface area contributed by atoms with Gasteiger partial charge in [0.05, 0.1) is 18.2 Å². The topological polar surface area (TPSA) is 29.5 Å². The molecule has 3 rings (SSSR count). The fourth-order valence-corrected chi connectivity index (χ4v) is 3.27. The van der Waals surface area contributed by atoms with Gasteiger partial charge in [0.1, 0.15) is 5.75 Å². The molecule has 1 unspecified atom stereocenters. The van der Waals surface area contributed by atoms with Gasteiger partial charge >= 0.3 is 0 Å². The Morgan fingerprint density at radius 1 is 1.10 bits per heavy atom. The van der Waals surface area contributed by atoms with Crippen molar-refractivity contribution in [2.45, 2.75) is 45.6 Å². The summed E-state index contributed by atoms with van der Waals surface area (Å²) in [4.78, 5) is 15.2. The van der Waals surface area contributed by atoms with Gasteiger partial charge in [-0.1, -0.05) is 6.42 Å². The first-order chi connectivity index (χ1) is 9.66. The van der Waals surface area contributed by atoms with Gasteiger partial charge in [0, 0.05) is 6.42 Å². The molecule has 0 spiro atoms. The van der Waals surface area contributed by atoms with Crippen LogP contribution in [0.3, 0.4) is 0 Å². The second-order valence-electron chi connectivity index (χ2n) is 6.05. The van der Waals surface area contributed by atoms with E-state index >= 15 is 0 Å². The first-order valence-corrected chi connectivity index (χ1v) is 7.69. The molecule has 0 bridgehead atoms. The maximum atomic E-state index is 12.9. The van der Waals surface area contributed by atoms with E-state index in [1.807, 2.05) is 12.1 Å². The molecule has 1 aromatic carbocycles. The number of aryl methyl sites for hydroxylation is 2. The fraction of sp³-hybridized carbons (Fsp3) is 0.588.